The van der Waals surface area contributed by atoms with Gasteiger partial charge in [-0.25, -0.2) is 0 Å². The Bertz CT molecular complexity index is 759. The molecule has 2 aromatic heterocycles. The van der Waals surface area contributed by atoms with Crippen LogP contribution in [0, 0.1) is 0 Å². The maximum atomic E-state index is 12.2. The van der Waals surface area contributed by atoms with E-state index in [2.05, 4.69) is 10.3 Å². The van der Waals surface area contributed by atoms with Gasteiger partial charge in [0.2, 0.25) is 0 Å². The molecule has 0 radical (unpaired) electrons. The van der Waals surface area contributed by atoms with E-state index in [1.54, 1.807) is 17.5 Å². The highest BCUT2D eigenvalue weighted by Gasteiger charge is 2.19. The van der Waals surface area contributed by atoms with Gasteiger partial charge in [-0.15, -0.1) is 11.3 Å². The normalized spacial score (nSPS) is 10.6. The Labute approximate surface area is 119 Å². The van der Waals surface area contributed by atoms with Crippen LogP contribution in [-0.2, 0) is 11.3 Å². The highest BCUT2D eigenvalue weighted by molar-refractivity contribution is 7.09. The maximum absolute atomic E-state index is 12.2. The van der Waals surface area contributed by atoms with E-state index in [-0.39, 0.29) is 0 Å². The van der Waals surface area contributed by atoms with Gasteiger partial charge in [-0.1, -0.05) is 24.3 Å². The lowest BCUT2D eigenvalue weighted by Gasteiger charge is -2.02. The smallest absolute Gasteiger partial charge is 0.292 e. The van der Waals surface area contributed by atoms with Crippen molar-refractivity contribution in [1.82, 2.24) is 10.3 Å². The number of nitrogens with one attached hydrogen (secondary N) is 2. The number of benzene rings is 1. The van der Waals surface area contributed by atoms with E-state index in [4.69, 9.17) is 0 Å². The molecule has 4 nitrogen and oxygen atoms in total. The Morgan fingerprint density at radius 3 is 2.80 bits per heavy atom. The van der Waals surface area contributed by atoms with Crippen LogP contribution in [0.1, 0.15) is 15.2 Å². The largest absolute Gasteiger partial charge is 0.360 e. The summed E-state index contributed by atoms with van der Waals surface area (Å²) < 4.78 is 0. The number of amides is 1. The van der Waals surface area contributed by atoms with Crippen molar-refractivity contribution in [3.8, 4) is 0 Å². The number of ketones is 1. The van der Waals surface area contributed by atoms with Gasteiger partial charge in [0.15, 0.2) is 0 Å². The van der Waals surface area contributed by atoms with Crippen LogP contribution in [-0.4, -0.2) is 16.7 Å². The molecule has 0 aliphatic heterocycles. The summed E-state index contributed by atoms with van der Waals surface area (Å²) in [6.07, 6.45) is 1.58. The molecule has 0 unspecified atom stereocenters. The number of fused-ring (bicyclic) bond motifs is 1. The van der Waals surface area contributed by atoms with Crippen molar-refractivity contribution >= 4 is 33.9 Å². The minimum atomic E-state index is -0.580. The molecule has 0 fully saturated rings. The van der Waals surface area contributed by atoms with Crippen LogP contribution in [0.2, 0.25) is 0 Å². The van der Waals surface area contributed by atoms with Crippen LogP contribution in [0.15, 0.2) is 48.0 Å². The number of Topliss-reactive ketones (excluding diaryl/α,β-unsaturated/α-hetero) is 1. The average molecular weight is 284 g/mol. The van der Waals surface area contributed by atoms with Crippen LogP contribution in [0.5, 0.6) is 0 Å². The first-order valence-electron chi connectivity index (χ1n) is 6.17. The summed E-state index contributed by atoms with van der Waals surface area (Å²) in [5.74, 6) is -1.10. The van der Waals surface area contributed by atoms with E-state index in [0.717, 1.165) is 15.8 Å². The molecule has 3 rings (SSSR count). The fourth-order valence-electron chi connectivity index (χ4n) is 2.04. The fourth-order valence-corrected chi connectivity index (χ4v) is 2.69. The molecule has 0 aliphatic carbocycles. The zero-order valence-electron chi connectivity index (χ0n) is 10.6. The zero-order valence-corrected chi connectivity index (χ0v) is 11.4. The van der Waals surface area contributed by atoms with Gasteiger partial charge >= 0.3 is 0 Å². The molecule has 1 aromatic carbocycles. The topological polar surface area (TPSA) is 62.0 Å². The summed E-state index contributed by atoms with van der Waals surface area (Å²) in [5, 5.41) is 5.35. The van der Waals surface area contributed by atoms with Crippen LogP contribution in [0.25, 0.3) is 10.9 Å². The quantitative estimate of drug-likeness (QED) is 0.571. The lowest BCUT2D eigenvalue weighted by Crippen LogP contribution is -2.30. The fraction of sp³-hybridized carbons (Fsp3) is 0.0667. The first-order chi connectivity index (χ1) is 9.75. The van der Waals surface area contributed by atoms with Crippen LogP contribution in [0.4, 0.5) is 0 Å². The van der Waals surface area contributed by atoms with Crippen molar-refractivity contribution in [2.24, 2.45) is 0 Å². The lowest BCUT2D eigenvalue weighted by molar-refractivity contribution is -0.117. The predicted octanol–water partition coefficient (Wildman–Crippen LogP) is 2.73. The molecule has 0 saturated heterocycles. The van der Waals surface area contributed by atoms with Gasteiger partial charge in [0.05, 0.1) is 12.1 Å². The summed E-state index contributed by atoms with van der Waals surface area (Å²) in [6.45, 7) is 0.380. The third-order valence-corrected chi connectivity index (χ3v) is 3.92. The summed E-state index contributed by atoms with van der Waals surface area (Å²) in [7, 11) is 0. The van der Waals surface area contributed by atoms with E-state index >= 15 is 0 Å². The molecule has 20 heavy (non-hydrogen) atoms. The van der Waals surface area contributed by atoms with Crippen molar-refractivity contribution in [2.45, 2.75) is 6.54 Å². The monoisotopic (exact) mass is 284 g/mol. The van der Waals surface area contributed by atoms with Crippen LogP contribution >= 0.6 is 11.3 Å². The second-order valence-corrected chi connectivity index (χ2v) is 5.37. The molecule has 2 N–H and O–H groups in total. The Hall–Kier alpha value is -2.40. The maximum Gasteiger partial charge on any atom is 0.292 e. The number of thiophene rings is 1. The SMILES string of the molecule is O=C(NCc1cccs1)C(=O)c1c[nH]c2ccccc12. The number of hydrogen-bond acceptors (Lipinski definition) is 3. The molecule has 0 bridgehead atoms. The average Bonchev–Trinajstić information content (AvgIpc) is 3.13. The predicted molar refractivity (Wildman–Crippen MR) is 78.8 cm³/mol. The van der Waals surface area contributed by atoms with Crippen LogP contribution in [0.3, 0.4) is 0 Å². The molecule has 1 amide bonds. The highest BCUT2D eigenvalue weighted by atomic mass is 32.1. The number of para-hydroxylation sites is 1. The molecule has 3 aromatic rings. The highest BCUT2D eigenvalue weighted by Crippen LogP contribution is 2.18. The molecule has 0 saturated carbocycles. The van der Waals surface area contributed by atoms with Gasteiger partial charge in [-0.3, -0.25) is 9.59 Å². The Morgan fingerprint density at radius 1 is 1.15 bits per heavy atom. The molecule has 0 aliphatic rings. The number of carbonyl (C=O) groups excluding carboxylic acids is 2. The molecular weight excluding hydrogens is 272 g/mol. The van der Waals surface area contributed by atoms with Gasteiger partial charge in [0, 0.05) is 22.0 Å². The molecule has 0 spiro atoms. The van der Waals surface area contributed by atoms with Gasteiger partial charge in [-0.2, -0.15) is 0 Å². The zero-order chi connectivity index (χ0) is 13.9. The minimum Gasteiger partial charge on any atom is -0.360 e. The van der Waals surface area contributed by atoms with E-state index in [1.165, 1.54) is 0 Å². The standard InChI is InChI=1S/C15H12N2O2S/c18-14(15(19)17-8-10-4-3-7-20-10)12-9-16-13-6-2-1-5-11(12)13/h1-7,9,16H,8H2,(H,17,19). The van der Waals surface area contributed by atoms with E-state index < -0.39 is 11.7 Å². The van der Waals surface area contributed by atoms with Gasteiger partial charge < -0.3 is 10.3 Å². The first kappa shape index (κ1) is 12.6. The number of aromatic amines is 1. The Morgan fingerprint density at radius 2 is 2.00 bits per heavy atom. The number of hydrogen-bond donors (Lipinski definition) is 2. The number of carbonyl (C=O) groups is 2. The summed E-state index contributed by atoms with van der Waals surface area (Å²) in [4.78, 5) is 28.1. The van der Waals surface area contributed by atoms with Gasteiger partial charge in [0.1, 0.15) is 0 Å². The lowest BCUT2D eigenvalue weighted by atomic mass is 10.1. The number of H-pyrrole nitrogens is 1. The second kappa shape index (κ2) is 5.30. The summed E-state index contributed by atoms with van der Waals surface area (Å²) >= 11 is 1.54. The third kappa shape index (κ3) is 2.35. The summed E-state index contributed by atoms with van der Waals surface area (Å²) in [5.41, 5.74) is 1.26. The van der Waals surface area contributed by atoms with E-state index in [0.29, 0.717) is 12.1 Å². The van der Waals surface area contributed by atoms with Crippen LogP contribution < -0.4 is 5.32 Å². The Balaban J connectivity index is 1.76. The van der Waals surface area contributed by atoms with Crippen molar-refractivity contribution in [3.63, 3.8) is 0 Å². The third-order valence-electron chi connectivity index (χ3n) is 3.04. The summed E-state index contributed by atoms with van der Waals surface area (Å²) in [6, 6.07) is 11.2. The first-order valence-corrected chi connectivity index (χ1v) is 7.04. The second-order valence-electron chi connectivity index (χ2n) is 4.34. The van der Waals surface area contributed by atoms with E-state index in [1.807, 2.05) is 41.8 Å². The minimum absolute atomic E-state index is 0.380. The molecule has 100 valence electrons. The molecular formula is C15H12N2O2S. The van der Waals surface area contributed by atoms with E-state index in [9.17, 15) is 9.59 Å². The van der Waals surface area contributed by atoms with Crippen molar-refractivity contribution in [1.29, 1.82) is 0 Å². The van der Waals surface area contributed by atoms with Crippen molar-refractivity contribution < 1.29 is 9.59 Å². The van der Waals surface area contributed by atoms with Crippen molar-refractivity contribution in [3.05, 3.63) is 58.4 Å². The number of rotatable bonds is 4. The Kier molecular flexibility index (Phi) is 3.35. The van der Waals surface area contributed by atoms with Gasteiger partial charge in [0.25, 0.3) is 11.7 Å². The molecule has 5 heteroatoms. The number of aromatic nitrogens is 1. The van der Waals surface area contributed by atoms with Gasteiger partial charge in [-0.05, 0) is 17.5 Å². The molecule has 2 heterocycles. The molecule has 0 atom stereocenters. The van der Waals surface area contributed by atoms with Crippen molar-refractivity contribution in [2.75, 3.05) is 0 Å².